The number of piperidine rings is 1. The lowest BCUT2D eigenvalue weighted by Crippen LogP contribution is -2.63. The first-order chi connectivity index (χ1) is 12.8. The van der Waals surface area contributed by atoms with Crippen molar-refractivity contribution in [3.63, 3.8) is 0 Å². The van der Waals surface area contributed by atoms with Crippen LogP contribution in [0.3, 0.4) is 0 Å². The topological polar surface area (TPSA) is 89.4 Å². The summed E-state index contributed by atoms with van der Waals surface area (Å²) in [6.45, 7) is 13.5. The number of hydrogen-bond donors (Lipinski definition) is 3. The maximum Gasteiger partial charge on any atom is 0.410 e. The SMILES string of the molecule is CCNC(=NCCCN1CCC(O)CC1)NC1CN(C(=O)OC(C)(C)C)C1. The molecule has 0 atom stereocenters. The van der Waals surface area contributed by atoms with Gasteiger partial charge in [-0.3, -0.25) is 4.99 Å². The van der Waals surface area contributed by atoms with Crippen LogP contribution in [0.1, 0.15) is 47.0 Å². The van der Waals surface area contributed by atoms with E-state index in [2.05, 4.69) is 20.5 Å². The Hall–Kier alpha value is -1.54. The van der Waals surface area contributed by atoms with Crippen LogP contribution in [0.25, 0.3) is 0 Å². The molecule has 156 valence electrons. The Balaban J connectivity index is 1.66. The molecule has 2 heterocycles. The van der Waals surface area contributed by atoms with E-state index in [1.54, 1.807) is 4.90 Å². The number of hydrogen-bond acceptors (Lipinski definition) is 5. The lowest BCUT2D eigenvalue weighted by atomic mass is 10.1. The van der Waals surface area contributed by atoms with Crippen LogP contribution in [0, 0.1) is 0 Å². The van der Waals surface area contributed by atoms with Crippen LogP contribution in [0.2, 0.25) is 0 Å². The van der Waals surface area contributed by atoms with Gasteiger partial charge in [0.1, 0.15) is 5.60 Å². The van der Waals surface area contributed by atoms with Crippen molar-refractivity contribution < 1.29 is 14.6 Å². The Morgan fingerprint density at radius 1 is 1.26 bits per heavy atom. The number of carbonyl (C=O) groups excluding carboxylic acids is 1. The molecule has 2 aliphatic heterocycles. The quantitative estimate of drug-likeness (QED) is 0.360. The van der Waals surface area contributed by atoms with Gasteiger partial charge in [-0.1, -0.05) is 0 Å². The number of aliphatic imine (C=N–C) groups is 1. The number of carbonyl (C=O) groups is 1. The molecule has 0 aromatic carbocycles. The molecule has 0 saturated carbocycles. The predicted molar refractivity (Wildman–Crippen MR) is 107 cm³/mol. The summed E-state index contributed by atoms with van der Waals surface area (Å²) in [7, 11) is 0. The Morgan fingerprint density at radius 3 is 2.52 bits per heavy atom. The van der Waals surface area contributed by atoms with Gasteiger partial charge in [-0.05, 0) is 53.5 Å². The summed E-state index contributed by atoms with van der Waals surface area (Å²) in [5, 5.41) is 16.2. The summed E-state index contributed by atoms with van der Waals surface area (Å²) in [6.07, 6.45) is 2.38. The first-order valence-electron chi connectivity index (χ1n) is 10.2. The fourth-order valence-electron chi connectivity index (χ4n) is 3.19. The smallest absolute Gasteiger partial charge is 0.410 e. The molecule has 2 aliphatic rings. The Bertz CT molecular complexity index is 492. The minimum Gasteiger partial charge on any atom is -0.444 e. The number of amides is 1. The molecule has 0 radical (unpaired) electrons. The van der Waals surface area contributed by atoms with Crippen LogP contribution in [-0.4, -0.2) is 90.5 Å². The monoisotopic (exact) mass is 383 g/mol. The van der Waals surface area contributed by atoms with Crippen molar-refractivity contribution in [2.75, 3.05) is 45.8 Å². The number of nitrogens with one attached hydrogen (secondary N) is 2. The molecular weight excluding hydrogens is 346 g/mol. The Morgan fingerprint density at radius 2 is 1.93 bits per heavy atom. The average Bonchev–Trinajstić information content (AvgIpc) is 2.54. The highest BCUT2D eigenvalue weighted by Gasteiger charge is 2.34. The second-order valence-corrected chi connectivity index (χ2v) is 8.41. The number of aliphatic hydroxyl groups excluding tert-OH is 1. The molecule has 1 amide bonds. The first kappa shape index (κ1) is 21.8. The van der Waals surface area contributed by atoms with Crippen molar-refractivity contribution in [1.82, 2.24) is 20.4 Å². The maximum absolute atomic E-state index is 12.0. The van der Waals surface area contributed by atoms with Crippen LogP contribution in [0.5, 0.6) is 0 Å². The van der Waals surface area contributed by atoms with Crippen LogP contribution in [0.4, 0.5) is 4.79 Å². The van der Waals surface area contributed by atoms with Gasteiger partial charge in [-0.25, -0.2) is 4.79 Å². The van der Waals surface area contributed by atoms with Gasteiger partial charge in [0.25, 0.3) is 0 Å². The molecule has 0 aromatic heterocycles. The summed E-state index contributed by atoms with van der Waals surface area (Å²) >= 11 is 0. The maximum atomic E-state index is 12.0. The van der Waals surface area contributed by atoms with Crippen molar-refractivity contribution in [1.29, 1.82) is 0 Å². The van der Waals surface area contributed by atoms with E-state index < -0.39 is 5.60 Å². The highest BCUT2D eigenvalue weighted by atomic mass is 16.6. The summed E-state index contributed by atoms with van der Waals surface area (Å²) in [4.78, 5) is 20.7. The van der Waals surface area contributed by atoms with Crippen molar-refractivity contribution in [2.45, 2.75) is 64.7 Å². The van der Waals surface area contributed by atoms with Crippen molar-refractivity contribution in [3.8, 4) is 0 Å². The standard InChI is InChI=1S/C19H37N5O3/c1-5-20-17(21-9-6-10-23-11-7-16(25)8-12-23)22-15-13-24(14-15)18(26)27-19(2,3)4/h15-16,25H,5-14H2,1-4H3,(H2,20,21,22). The zero-order valence-corrected chi connectivity index (χ0v) is 17.3. The first-order valence-corrected chi connectivity index (χ1v) is 10.2. The van der Waals surface area contributed by atoms with Crippen LogP contribution >= 0.6 is 0 Å². The predicted octanol–water partition coefficient (Wildman–Crippen LogP) is 1.01. The van der Waals surface area contributed by atoms with Crippen molar-refractivity contribution in [3.05, 3.63) is 0 Å². The van der Waals surface area contributed by atoms with Gasteiger partial charge < -0.3 is 30.3 Å². The fraction of sp³-hybridized carbons (Fsp3) is 0.895. The Labute approximate surface area is 163 Å². The number of aliphatic hydroxyl groups is 1. The van der Waals surface area contributed by atoms with Gasteiger partial charge in [0.05, 0.1) is 12.1 Å². The minimum atomic E-state index is -0.460. The number of rotatable bonds is 6. The van der Waals surface area contributed by atoms with E-state index in [1.165, 1.54) is 0 Å². The molecule has 8 heteroatoms. The normalized spacial score (nSPS) is 20.3. The van der Waals surface area contributed by atoms with Crippen molar-refractivity contribution in [2.24, 2.45) is 4.99 Å². The van der Waals surface area contributed by atoms with Crippen LogP contribution in [0.15, 0.2) is 4.99 Å². The summed E-state index contributed by atoms with van der Waals surface area (Å²) in [5.74, 6) is 0.806. The third-order valence-electron chi connectivity index (χ3n) is 4.68. The van der Waals surface area contributed by atoms with E-state index >= 15 is 0 Å². The van der Waals surface area contributed by atoms with E-state index in [4.69, 9.17) is 4.74 Å². The van der Waals surface area contributed by atoms with Gasteiger partial charge in [-0.2, -0.15) is 0 Å². The Kier molecular flexibility index (Phi) is 8.16. The molecule has 27 heavy (non-hydrogen) atoms. The number of nitrogens with zero attached hydrogens (tertiary/aromatic N) is 3. The molecule has 2 saturated heterocycles. The van der Waals surface area contributed by atoms with Gasteiger partial charge in [-0.15, -0.1) is 0 Å². The highest BCUT2D eigenvalue weighted by Crippen LogP contribution is 2.15. The van der Waals surface area contributed by atoms with E-state index in [0.29, 0.717) is 13.1 Å². The van der Waals surface area contributed by atoms with Gasteiger partial charge in [0.2, 0.25) is 0 Å². The van der Waals surface area contributed by atoms with E-state index in [1.807, 2.05) is 27.7 Å². The molecule has 0 aliphatic carbocycles. The second kappa shape index (κ2) is 10.1. The molecule has 3 N–H and O–H groups in total. The van der Waals surface area contributed by atoms with Crippen LogP contribution in [-0.2, 0) is 4.74 Å². The molecule has 0 spiro atoms. The third kappa shape index (κ3) is 7.92. The third-order valence-corrected chi connectivity index (χ3v) is 4.68. The van der Waals surface area contributed by atoms with Crippen molar-refractivity contribution >= 4 is 12.1 Å². The lowest BCUT2D eigenvalue weighted by Gasteiger charge is -2.40. The zero-order chi connectivity index (χ0) is 19.9. The highest BCUT2D eigenvalue weighted by molar-refractivity contribution is 5.80. The van der Waals surface area contributed by atoms with E-state index in [-0.39, 0.29) is 18.2 Å². The van der Waals surface area contributed by atoms with E-state index in [9.17, 15) is 9.90 Å². The molecule has 0 unspecified atom stereocenters. The van der Waals surface area contributed by atoms with Gasteiger partial charge in [0, 0.05) is 39.3 Å². The lowest BCUT2D eigenvalue weighted by molar-refractivity contribution is 0.00700. The molecule has 2 fully saturated rings. The zero-order valence-electron chi connectivity index (χ0n) is 17.3. The van der Waals surface area contributed by atoms with Crippen LogP contribution < -0.4 is 10.6 Å². The summed E-state index contributed by atoms with van der Waals surface area (Å²) < 4.78 is 5.38. The second-order valence-electron chi connectivity index (χ2n) is 8.41. The molecule has 8 nitrogen and oxygen atoms in total. The largest absolute Gasteiger partial charge is 0.444 e. The average molecular weight is 384 g/mol. The minimum absolute atomic E-state index is 0.119. The molecule has 0 aromatic rings. The number of ether oxygens (including phenoxy) is 1. The van der Waals surface area contributed by atoms with Gasteiger partial charge in [0.15, 0.2) is 5.96 Å². The fourth-order valence-corrected chi connectivity index (χ4v) is 3.19. The number of guanidine groups is 1. The van der Waals surface area contributed by atoms with E-state index in [0.717, 1.165) is 57.9 Å². The summed E-state index contributed by atoms with van der Waals surface area (Å²) in [5.41, 5.74) is -0.460. The molecule has 0 bridgehead atoms. The summed E-state index contributed by atoms with van der Waals surface area (Å²) in [6, 6.07) is 0.207. The number of likely N-dealkylation sites (tertiary alicyclic amines) is 2. The van der Waals surface area contributed by atoms with Gasteiger partial charge >= 0.3 is 6.09 Å². The molecule has 2 rings (SSSR count). The molecular formula is C19H37N5O3.